The van der Waals surface area contributed by atoms with E-state index in [2.05, 4.69) is 51.3 Å². The summed E-state index contributed by atoms with van der Waals surface area (Å²) in [5.74, 6) is 0. The van der Waals surface area contributed by atoms with Crippen LogP contribution in [0.1, 0.15) is 29.8 Å². The van der Waals surface area contributed by atoms with E-state index in [0.29, 0.717) is 6.04 Å². The first-order valence-corrected chi connectivity index (χ1v) is 8.17. The Morgan fingerprint density at radius 3 is 2.70 bits per heavy atom. The Labute approximate surface area is 136 Å². The van der Waals surface area contributed by atoms with Crippen molar-refractivity contribution in [3.05, 3.63) is 53.6 Å². The van der Waals surface area contributed by atoms with Crippen molar-refractivity contribution in [2.45, 2.75) is 25.8 Å². The highest BCUT2D eigenvalue weighted by atomic mass is 15.3. The smallest absolute Gasteiger partial charge is 0.0890 e. The van der Waals surface area contributed by atoms with E-state index in [-0.39, 0.29) is 0 Å². The minimum Gasteiger partial charge on any atom is -0.296 e. The van der Waals surface area contributed by atoms with Gasteiger partial charge in [-0.05, 0) is 36.6 Å². The second kappa shape index (κ2) is 5.74. The largest absolute Gasteiger partial charge is 0.296 e. The lowest BCUT2D eigenvalue weighted by Gasteiger charge is -2.28. The molecule has 0 spiro atoms. The highest BCUT2D eigenvalue weighted by molar-refractivity contribution is 5.74. The molecule has 1 aromatic carbocycles. The molecule has 3 aromatic rings. The first kappa shape index (κ1) is 14.3. The average Bonchev–Trinajstić information content (AvgIpc) is 2.82. The van der Waals surface area contributed by atoms with Gasteiger partial charge in [-0.25, -0.2) is 0 Å². The van der Waals surface area contributed by atoms with Crippen LogP contribution in [0.3, 0.4) is 0 Å². The zero-order valence-corrected chi connectivity index (χ0v) is 13.6. The van der Waals surface area contributed by atoms with Crippen LogP contribution in [0.4, 0.5) is 0 Å². The standard InChI is InChI=1S/C18H21N5/c1-13(14-3-4-17-18(11-14)20-8-7-19-17)23-9-5-15-12-22(2)21-16(15)6-10-23/h3-4,7-8,11-13H,5-6,9-10H2,1-2H3. The Balaban J connectivity index is 1.56. The van der Waals surface area contributed by atoms with Crippen molar-refractivity contribution in [3.63, 3.8) is 0 Å². The lowest BCUT2D eigenvalue weighted by molar-refractivity contribution is 0.220. The molecule has 4 rings (SSSR count). The molecule has 0 saturated heterocycles. The number of benzene rings is 1. The van der Waals surface area contributed by atoms with Crippen LogP contribution >= 0.6 is 0 Å². The Morgan fingerprint density at radius 1 is 1.04 bits per heavy atom. The normalized spacial score (nSPS) is 17.0. The third-order valence-corrected chi connectivity index (χ3v) is 4.82. The van der Waals surface area contributed by atoms with Gasteiger partial charge in [-0.3, -0.25) is 19.5 Å². The van der Waals surface area contributed by atoms with E-state index in [0.717, 1.165) is 37.0 Å². The molecule has 1 unspecified atom stereocenters. The van der Waals surface area contributed by atoms with Crippen LogP contribution in [-0.4, -0.2) is 37.7 Å². The van der Waals surface area contributed by atoms with Crippen LogP contribution < -0.4 is 0 Å². The second-order valence-corrected chi connectivity index (χ2v) is 6.29. The molecule has 0 fully saturated rings. The molecule has 0 aliphatic carbocycles. The van der Waals surface area contributed by atoms with Gasteiger partial charge in [0.1, 0.15) is 0 Å². The summed E-state index contributed by atoms with van der Waals surface area (Å²) < 4.78 is 1.94. The zero-order valence-electron chi connectivity index (χ0n) is 13.6. The molecule has 5 nitrogen and oxygen atoms in total. The fourth-order valence-electron chi connectivity index (χ4n) is 3.47. The Bertz CT molecular complexity index is 813. The fourth-order valence-corrected chi connectivity index (χ4v) is 3.47. The maximum atomic E-state index is 4.59. The van der Waals surface area contributed by atoms with Crippen LogP contribution in [0.5, 0.6) is 0 Å². The molecule has 0 amide bonds. The Hall–Kier alpha value is -2.27. The molecular formula is C18H21N5. The van der Waals surface area contributed by atoms with E-state index < -0.39 is 0 Å². The molecule has 1 aliphatic heterocycles. The predicted molar refractivity (Wildman–Crippen MR) is 90.1 cm³/mol. The SMILES string of the molecule is CC(c1ccc2nccnc2c1)N1CCc2cn(C)nc2CC1. The van der Waals surface area contributed by atoms with Crippen molar-refractivity contribution in [1.29, 1.82) is 0 Å². The molecule has 0 radical (unpaired) electrons. The van der Waals surface area contributed by atoms with Gasteiger partial charge in [-0.2, -0.15) is 5.10 Å². The molecule has 0 bridgehead atoms. The topological polar surface area (TPSA) is 46.8 Å². The number of hydrogen-bond donors (Lipinski definition) is 0. The number of fused-ring (bicyclic) bond motifs is 2. The quantitative estimate of drug-likeness (QED) is 0.730. The van der Waals surface area contributed by atoms with E-state index in [1.165, 1.54) is 16.8 Å². The predicted octanol–water partition coefficient (Wildman–Crippen LogP) is 2.53. The number of hydrogen-bond acceptors (Lipinski definition) is 4. The molecule has 0 N–H and O–H groups in total. The lowest BCUT2D eigenvalue weighted by Crippen LogP contribution is -2.29. The van der Waals surface area contributed by atoms with E-state index in [1.807, 2.05) is 11.7 Å². The lowest BCUT2D eigenvalue weighted by atomic mass is 10.1. The van der Waals surface area contributed by atoms with Crippen molar-refractivity contribution < 1.29 is 0 Å². The number of aromatic nitrogens is 4. The van der Waals surface area contributed by atoms with Crippen molar-refractivity contribution in [2.75, 3.05) is 13.1 Å². The summed E-state index contributed by atoms with van der Waals surface area (Å²) in [6, 6.07) is 6.79. The van der Waals surface area contributed by atoms with Gasteiger partial charge in [0.2, 0.25) is 0 Å². The van der Waals surface area contributed by atoms with Crippen LogP contribution in [0.15, 0.2) is 36.8 Å². The zero-order chi connectivity index (χ0) is 15.8. The summed E-state index contributed by atoms with van der Waals surface area (Å²) in [6.45, 7) is 4.39. The van der Waals surface area contributed by atoms with Crippen molar-refractivity contribution in [3.8, 4) is 0 Å². The van der Waals surface area contributed by atoms with Gasteiger partial charge < -0.3 is 0 Å². The fraction of sp³-hybridized carbons (Fsp3) is 0.389. The first-order valence-electron chi connectivity index (χ1n) is 8.17. The van der Waals surface area contributed by atoms with Crippen LogP contribution in [0.25, 0.3) is 11.0 Å². The molecule has 1 atom stereocenters. The molecule has 118 valence electrons. The monoisotopic (exact) mass is 307 g/mol. The third-order valence-electron chi connectivity index (χ3n) is 4.82. The number of aryl methyl sites for hydroxylation is 1. The van der Waals surface area contributed by atoms with Gasteiger partial charge >= 0.3 is 0 Å². The summed E-state index contributed by atoms with van der Waals surface area (Å²) in [5, 5.41) is 4.59. The molecule has 1 aliphatic rings. The molecule has 2 aromatic heterocycles. The summed E-state index contributed by atoms with van der Waals surface area (Å²) in [7, 11) is 2.01. The van der Waals surface area contributed by atoms with E-state index >= 15 is 0 Å². The average molecular weight is 307 g/mol. The summed E-state index contributed by atoms with van der Waals surface area (Å²) in [6.07, 6.45) is 7.75. The highest BCUT2D eigenvalue weighted by Gasteiger charge is 2.21. The summed E-state index contributed by atoms with van der Waals surface area (Å²) in [4.78, 5) is 11.3. The van der Waals surface area contributed by atoms with E-state index in [1.54, 1.807) is 12.4 Å². The minimum absolute atomic E-state index is 0.374. The van der Waals surface area contributed by atoms with Gasteiger partial charge in [0.15, 0.2) is 0 Å². The van der Waals surface area contributed by atoms with Crippen molar-refractivity contribution >= 4 is 11.0 Å². The molecule has 3 heterocycles. The van der Waals surface area contributed by atoms with E-state index in [9.17, 15) is 0 Å². The van der Waals surface area contributed by atoms with Gasteiger partial charge in [0.05, 0.1) is 16.7 Å². The van der Waals surface area contributed by atoms with Crippen molar-refractivity contribution in [1.82, 2.24) is 24.6 Å². The van der Waals surface area contributed by atoms with Gasteiger partial charge in [-0.1, -0.05) is 6.07 Å². The Kier molecular flexibility index (Phi) is 3.58. The molecule has 23 heavy (non-hydrogen) atoms. The van der Waals surface area contributed by atoms with Crippen LogP contribution in [0.2, 0.25) is 0 Å². The van der Waals surface area contributed by atoms with Crippen molar-refractivity contribution in [2.24, 2.45) is 7.05 Å². The summed E-state index contributed by atoms with van der Waals surface area (Å²) in [5.41, 5.74) is 5.88. The highest BCUT2D eigenvalue weighted by Crippen LogP contribution is 2.25. The van der Waals surface area contributed by atoms with Crippen LogP contribution in [-0.2, 0) is 19.9 Å². The minimum atomic E-state index is 0.374. The number of rotatable bonds is 2. The molecule has 0 saturated carbocycles. The molecular weight excluding hydrogens is 286 g/mol. The summed E-state index contributed by atoms with van der Waals surface area (Å²) >= 11 is 0. The van der Waals surface area contributed by atoms with Gasteiger partial charge in [0, 0.05) is 51.2 Å². The first-order chi connectivity index (χ1) is 11.2. The van der Waals surface area contributed by atoms with Crippen LogP contribution in [0, 0.1) is 0 Å². The maximum absolute atomic E-state index is 4.59. The van der Waals surface area contributed by atoms with E-state index in [4.69, 9.17) is 0 Å². The molecule has 5 heteroatoms. The third kappa shape index (κ3) is 2.72. The maximum Gasteiger partial charge on any atom is 0.0890 e. The number of nitrogens with zero attached hydrogens (tertiary/aromatic N) is 5. The van der Waals surface area contributed by atoms with Gasteiger partial charge in [-0.15, -0.1) is 0 Å². The van der Waals surface area contributed by atoms with Gasteiger partial charge in [0.25, 0.3) is 0 Å². The Morgan fingerprint density at radius 2 is 1.83 bits per heavy atom. The second-order valence-electron chi connectivity index (χ2n) is 6.29.